The Hall–Kier alpha value is -3.50. The van der Waals surface area contributed by atoms with Gasteiger partial charge in [-0.05, 0) is 42.5 Å². The molecule has 4 rings (SSSR count). The van der Waals surface area contributed by atoms with E-state index in [-0.39, 0.29) is 5.56 Å². The van der Waals surface area contributed by atoms with E-state index in [1.165, 1.54) is 30.6 Å². The van der Waals surface area contributed by atoms with E-state index in [0.717, 1.165) is 12.1 Å². The lowest BCUT2D eigenvalue weighted by atomic mass is 10.1. The predicted molar refractivity (Wildman–Crippen MR) is 106 cm³/mol. The summed E-state index contributed by atoms with van der Waals surface area (Å²) in [5.74, 6) is -0.659. The van der Waals surface area contributed by atoms with Gasteiger partial charge in [0.15, 0.2) is 5.65 Å². The van der Waals surface area contributed by atoms with Gasteiger partial charge in [-0.2, -0.15) is 26.3 Å². The Labute approximate surface area is 177 Å². The van der Waals surface area contributed by atoms with Gasteiger partial charge in [0.05, 0.1) is 29.3 Å². The quantitative estimate of drug-likeness (QED) is 0.430. The third-order valence-electron chi connectivity index (χ3n) is 5.03. The van der Waals surface area contributed by atoms with Gasteiger partial charge >= 0.3 is 12.4 Å². The summed E-state index contributed by atoms with van der Waals surface area (Å²) in [6, 6.07) is 9.17. The highest BCUT2D eigenvalue weighted by Crippen LogP contribution is 2.34. The SMILES string of the molecule is Cn1cnc2c1c1cc(C(=O)NCCC(F)(F)F)ccc1n2-c1ccc(C(F)(F)F)cc1. The second kappa shape index (κ2) is 7.57. The number of nitrogens with one attached hydrogen (secondary N) is 1. The van der Waals surface area contributed by atoms with E-state index in [4.69, 9.17) is 0 Å². The number of rotatable bonds is 4. The van der Waals surface area contributed by atoms with Crippen molar-refractivity contribution in [3.8, 4) is 5.69 Å². The molecule has 1 N–H and O–H groups in total. The van der Waals surface area contributed by atoms with Crippen LogP contribution in [0.25, 0.3) is 27.8 Å². The molecule has 2 aromatic heterocycles. The van der Waals surface area contributed by atoms with Crippen molar-refractivity contribution < 1.29 is 31.1 Å². The predicted octanol–water partition coefficient (Wildman–Crippen LogP) is 5.22. The molecule has 0 radical (unpaired) electrons. The van der Waals surface area contributed by atoms with Crippen molar-refractivity contribution in [3.05, 3.63) is 59.9 Å². The van der Waals surface area contributed by atoms with Gasteiger partial charge < -0.3 is 9.88 Å². The molecular formula is C21H16F6N4O. The number of hydrogen-bond acceptors (Lipinski definition) is 2. The number of aryl methyl sites for hydroxylation is 1. The maximum Gasteiger partial charge on any atom is 0.416 e. The van der Waals surface area contributed by atoms with Gasteiger partial charge in [-0.25, -0.2) is 4.98 Å². The minimum absolute atomic E-state index is 0.160. The number of benzene rings is 2. The highest BCUT2D eigenvalue weighted by atomic mass is 19.4. The number of halogens is 6. The fourth-order valence-electron chi connectivity index (χ4n) is 3.55. The molecule has 2 aromatic carbocycles. The first-order valence-electron chi connectivity index (χ1n) is 9.44. The fourth-order valence-corrected chi connectivity index (χ4v) is 3.55. The van der Waals surface area contributed by atoms with Crippen LogP contribution in [0.3, 0.4) is 0 Å². The van der Waals surface area contributed by atoms with Crippen LogP contribution in [-0.4, -0.2) is 32.7 Å². The van der Waals surface area contributed by atoms with Crippen molar-refractivity contribution >= 4 is 28.0 Å². The van der Waals surface area contributed by atoms with Gasteiger partial charge in [0.25, 0.3) is 5.91 Å². The van der Waals surface area contributed by atoms with Crippen LogP contribution in [0.1, 0.15) is 22.3 Å². The summed E-state index contributed by atoms with van der Waals surface area (Å²) in [5, 5.41) is 2.83. The van der Waals surface area contributed by atoms with Crippen LogP contribution in [0, 0.1) is 0 Å². The molecule has 0 aliphatic rings. The fraction of sp³-hybridized carbons (Fsp3) is 0.238. The van der Waals surface area contributed by atoms with Crippen LogP contribution in [0.5, 0.6) is 0 Å². The number of aromatic nitrogens is 3. The molecule has 32 heavy (non-hydrogen) atoms. The Morgan fingerprint density at radius 2 is 1.72 bits per heavy atom. The molecule has 2 heterocycles. The third-order valence-corrected chi connectivity index (χ3v) is 5.03. The Morgan fingerprint density at radius 3 is 2.34 bits per heavy atom. The maximum atomic E-state index is 12.9. The number of amides is 1. The van der Waals surface area contributed by atoms with E-state index in [9.17, 15) is 31.1 Å². The molecule has 0 aliphatic carbocycles. The standard InChI is InChI=1S/C21H16F6N4O/c1-30-11-29-18-17(30)15-10-12(19(32)28-9-8-20(22,23)24)2-7-16(15)31(18)14-5-3-13(4-6-14)21(25,26)27/h2-7,10-11H,8-9H2,1H3,(H,28,32). The lowest BCUT2D eigenvalue weighted by Crippen LogP contribution is -2.27. The number of carbonyl (C=O) groups excluding carboxylic acids is 1. The van der Waals surface area contributed by atoms with Crippen LogP contribution >= 0.6 is 0 Å². The number of carbonyl (C=O) groups is 1. The van der Waals surface area contributed by atoms with E-state index in [1.807, 2.05) is 0 Å². The molecule has 0 fully saturated rings. The monoisotopic (exact) mass is 454 g/mol. The summed E-state index contributed by atoms with van der Waals surface area (Å²) in [6.07, 6.45) is -8.46. The highest BCUT2D eigenvalue weighted by molar-refractivity contribution is 6.09. The molecule has 11 heteroatoms. The lowest BCUT2D eigenvalue weighted by Gasteiger charge is -2.10. The number of alkyl halides is 6. The van der Waals surface area contributed by atoms with E-state index < -0.39 is 36.8 Å². The van der Waals surface area contributed by atoms with Gasteiger partial charge in [0.1, 0.15) is 0 Å². The molecule has 4 aromatic rings. The molecule has 0 bridgehead atoms. The van der Waals surface area contributed by atoms with E-state index in [2.05, 4.69) is 10.3 Å². The molecule has 0 atom stereocenters. The first-order chi connectivity index (χ1) is 15.0. The molecular weight excluding hydrogens is 438 g/mol. The minimum Gasteiger partial charge on any atom is -0.352 e. The molecule has 0 aliphatic heterocycles. The number of imidazole rings is 1. The summed E-state index contributed by atoms with van der Waals surface area (Å²) in [4.78, 5) is 16.7. The second-order valence-corrected chi connectivity index (χ2v) is 7.26. The van der Waals surface area contributed by atoms with E-state index in [0.29, 0.717) is 27.8 Å². The van der Waals surface area contributed by atoms with Gasteiger partial charge in [0.2, 0.25) is 0 Å². The van der Waals surface area contributed by atoms with Crippen LogP contribution in [0.2, 0.25) is 0 Å². The topological polar surface area (TPSA) is 51.9 Å². The summed E-state index contributed by atoms with van der Waals surface area (Å²) >= 11 is 0. The van der Waals surface area contributed by atoms with Crippen molar-refractivity contribution in [3.63, 3.8) is 0 Å². The first-order valence-corrected chi connectivity index (χ1v) is 9.44. The zero-order valence-electron chi connectivity index (χ0n) is 16.6. The van der Waals surface area contributed by atoms with Crippen LogP contribution in [0.15, 0.2) is 48.8 Å². The second-order valence-electron chi connectivity index (χ2n) is 7.26. The van der Waals surface area contributed by atoms with Crippen LogP contribution in [0.4, 0.5) is 26.3 Å². The molecule has 0 unspecified atom stereocenters. The van der Waals surface area contributed by atoms with Crippen molar-refractivity contribution in [2.45, 2.75) is 18.8 Å². The molecule has 168 valence electrons. The Kier molecular flexibility index (Phi) is 5.14. The van der Waals surface area contributed by atoms with Crippen LogP contribution < -0.4 is 5.32 Å². The lowest BCUT2D eigenvalue weighted by molar-refractivity contribution is -0.137. The summed E-state index contributed by atoms with van der Waals surface area (Å²) < 4.78 is 79.1. The zero-order chi connectivity index (χ0) is 23.3. The molecule has 0 spiro atoms. The highest BCUT2D eigenvalue weighted by Gasteiger charge is 2.30. The smallest absolute Gasteiger partial charge is 0.352 e. The average molecular weight is 454 g/mol. The van der Waals surface area contributed by atoms with E-state index >= 15 is 0 Å². The number of hydrogen-bond donors (Lipinski definition) is 1. The number of nitrogens with zero attached hydrogens (tertiary/aromatic N) is 3. The Balaban J connectivity index is 1.76. The van der Waals surface area contributed by atoms with Gasteiger partial charge in [-0.15, -0.1) is 0 Å². The molecule has 1 amide bonds. The Morgan fingerprint density at radius 1 is 1.03 bits per heavy atom. The molecule has 0 saturated heterocycles. The molecule has 5 nitrogen and oxygen atoms in total. The minimum atomic E-state index is -4.47. The largest absolute Gasteiger partial charge is 0.416 e. The van der Waals surface area contributed by atoms with Crippen molar-refractivity contribution in [2.24, 2.45) is 7.05 Å². The molecule has 0 saturated carbocycles. The van der Waals surface area contributed by atoms with Crippen molar-refractivity contribution in [1.82, 2.24) is 19.4 Å². The Bertz CT molecular complexity index is 1300. The normalized spacial score (nSPS) is 12.6. The zero-order valence-corrected chi connectivity index (χ0v) is 16.6. The summed E-state index contributed by atoms with van der Waals surface area (Å²) in [6.45, 7) is -0.548. The average Bonchev–Trinajstić information content (AvgIpc) is 3.23. The summed E-state index contributed by atoms with van der Waals surface area (Å²) in [7, 11) is 1.72. The number of fused-ring (bicyclic) bond motifs is 3. The van der Waals surface area contributed by atoms with Crippen LogP contribution in [-0.2, 0) is 13.2 Å². The summed E-state index contributed by atoms with van der Waals surface area (Å²) in [5.41, 5.74) is 1.51. The van der Waals surface area contributed by atoms with Gasteiger partial charge in [0, 0.05) is 30.2 Å². The first kappa shape index (κ1) is 21.7. The van der Waals surface area contributed by atoms with Gasteiger partial charge in [-0.3, -0.25) is 9.36 Å². The van der Waals surface area contributed by atoms with Gasteiger partial charge in [-0.1, -0.05) is 0 Å². The maximum absolute atomic E-state index is 12.9. The van der Waals surface area contributed by atoms with E-state index in [1.54, 1.807) is 22.2 Å². The van der Waals surface area contributed by atoms with Crippen molar-refractivity contribution in [2.75, 3.05) is 6.54 Å². The van der Waals surface area contributed by atoms with Crippen molar-refractivity contribution in [1.29, 1.82) is 0 Å². The third kappa shape index (κ3) is 4.02.